The van der Waals surface area contributed by atoms with Crippen LogP contribution in [-0.2, 0) is 4.79 Å². The minimum Gasteiger partial charge on any atom is -0.457 e. The summed E-state index contributed by atoms with van der Waals surface area (Å²) in [4.78, 5) is 36.2. The number of nitrogens with one attached hydrogen (secondary N) is 2. The molecule has 0 fully saturated rings. The summed E-state index contributed by atoms with van der Waals surface area (Å²) in [7, 11) is 0. The number of carbonyl (C=O) groups is 3. The average Bonchev–Trinajstić information content (AvgIpc) is 2.99. The summed E-state index contributed by atoms with van der Waals surface area (Å²) < 4.78 is 18.4. The number of ketones is 1. The van der Waals surface area contributed by atoms with Gasteiger partial charge in [-0.2, -0.15) is 0 Å². The molecule has 2 N–H and O–H groups in total. The second-order valence-electron chi connectivity index (χ2n) is 5.35. The lowest BCUT2D eigenvalue weighted by molar-refractivity contribution is -0.117. The lowest BCUT2D eigenvalue weighted by Gasteiger charge is -2.05. The third-order valence-electron chi connectivity index (χ3n) is 3.37. The number of benzene rings is 1. The lowest BCUT2D eigenvalue weighted by Crippen LogP contribution is -2.36. The van der Waals surface area contributed by atoms with Gasteiger partial charge in [-0.3, -0.25) is 14.4 Å². The van der Waals surface area contributed by atoms with E-state index < -0.39 is 29.5 Å². The molecule has 1 aromatic heterocycles. The Hall–Kier alpha value is -3.11. The van der Waals surface area contributed by atoms with Crippen LogP contribution >= 0.6 is 11.6 Å². The van der Waals surface area contributed by atoms with Gasteiger partial charge in [0.2, 0.25) is 0 Å². The molecule has 0 aliphatic rings. The topological polar surface area (TPSA) is 88.4 Å². The summed E-state index contributed by atoms with van der Waals surface area (Å²) in [5, 5.41) is 4.65. The molecule has 134 valence electrons. The van der Waals surface area contributed by atoms with Gasteiger partial charge in [-0.05, 0) is 32.0 Å². The molecule has 1 atom stereocenters. The monoisotopic (exact) mass is 376 g/mol. The Kier molecular flexibility index (Phi) is 5.80. The van der Waals surface area contributed by atoms with Crippen LogP contribution in [0.15, 0.2) is 28.7 Å². The molecule has 0 saturated heterocycles. The molecule has 6 nitrogen and oxygen atoms in total. The van der Waals surface area contributed by atoms with Crippen molar-refractivity contribution in [2.24, 2.45) is 0 Å². The van der Waals surface area contributed by atoms with Crippen molar-refractivity contribution in [2.45, 2.75) is 19.9 Å². The van der Waals surface area contributed by atoms with E-state index >= 15 is 0 Å². The highest BCUT2D eigenvalue weighted by atomic mass is 35.5. The van der Waals surface area contributed by atoms with Crippen molar-refractivity contribution >= 4 is 34.9 Å². The van der Waals surface area contributed by atoms with Crippen LogP contribution in [0.25, 0.3) is 0 Å². The maximum absolute atomic E-state index is 13.2. The highest BCUT2D eigenvalue weighted by Crippen LogP contribution is 2.21. The number of aryl methyl sites for hydroxylation is 1. The molecule has 8 heteroatoms. The number of hydrogen-bond acceptors (Lipinski definition) is 4. The first-order valence-corrected chi connectivity index (χ1v) is 7.79. The molecule has 1 heterocycles. The van der Waals surface area contributed by atoms with Crippen molar-refractivity contribution in [3.8, 4) is 12.3 Å². The molecule has 0 bridgehead atoms. The molecule has 1 unspecified atom stereocenters. The molecule has 2 amide bonds. The van der Waals surface area contributed by atoms with Gasteiger partial charge in [-0.25, -0.2) is 4.39 Å². The fraction of sp³-hybridized carbons (Fsp3) is 0.167. The zero-order chi connectivity index (χ0) is 19.4. The number of furan rings is 1. The van der Waals surface area contributed by atoms with Gasteiger partial charge in [0.15, 0.2) is 5.76 Å². The summed E-state index contributed by atoms with van der Waals surface area (Å²) in [6, 6.07) is 4.19. The van der Waals surface area contributed by atoms with Gasteiger partial charge in [-0.15, -0.1) is 6.42 Å². The van der Waals surface area contributed by atoms with Gasteiger partial charge in [-0.1, -0.05) is 17.5 Å². The number of hydrogen-bond donors (Lipinski definition) is 2. The lowest BCUT2D eigenvalue weighted by atomic mass is 10.2. The number of anilines is 1. The van der Waals surface area contributed by atoms with E-state index in [9.17, 15) is 18.8 Å². The van der Waals surface area contributed by atoms with Crippen molar-refractivity contribution in [3.63, 3.8) is 0 Å². The van der Waals surface area contributed by atoms with Crippen LogP contribution in [0.2, 0.25) is 5.02 Å². The Morgan fingerprint density at radius 2 is 2.00 bits per heavy atom. The number of amides is 2. The SMILES string of the molecule is C#CC(C)NC(=O)C(=O)c1cc(C(=O)Nc2ccc(F)c(Cl)c2)c(C)o1. The maximum atomic E-state index is 13.2. The second-order valence-corrected chi connectivity index (χ2v) is 5.76. The number of Topliss-reactive ketones (excluding diaryl/α,β-unsaturated/α-hetero) is 1. The highest BCUT2D eigenvalue weighted by Gasteiger charge is 2.24. The molecule has 0 radical (unpaired) electrons. The van der Waals surface area contributed by atoms with E-state index in [0.29, 0.717) is 0 Å². The first-order valence-electron chi connectivity index (χ1n) is 7.41. The fourth-order valence-electron chi connectivity index (χ4n) is 2.01. The van der Waals surface area contributed by atoms with Crippen LogP contribution in [0.1, 0.15) is 33.6 Å². The van der Waals surface area contributed by atoms with E-state index in [1.807, 2.05) is 0 Å². The van der Waals surface area contributed by atoms with Crippen LogP contribution in [0.4, 0.5) is 10.1 Å². The molecule has 0 aliphatic carbocycles. The molecule has 0 aliphatic heterocycles. The zero-order valence-electron chi connectivity index (χ0n) is 13.9. The van der Waals surface area contributed by atoms with Crippen LogP contribution in [0.5, 0.6) is 0 Å². The summed E-state index contributed by atoms with van der Waals surface area (Å²) in [5.74, 6) is -1.04. The van der Waals surface area contributed by atoms with E-state index in [-0.39, 0.29) is 27.8 Å². The number of rotatable bonds is 5. The molecule has 2 rings (SSSR count). The molecule has 26 heavy (non-hydrogen) atoms. The molecule has 1 aromatic carbocycles. The predicted octanol–water partition coefficient (Wildman–Crippen LogP) is 2.95. The summed E-state index contributed by atoms with van der Waals surface area (Å²) in [6.07, 6.45) is 5.14. The van der Waals surface area contributed by atoms with Crippen LogP contribution < -0.4 is 10.6 Å². The standard InChI is InChI=1S/C18H14ClFN2O4/c1-4-9(2)21-18(25)16(23)15-8-12(10(3)26-15)17(24)22-11-5-6-14(20)13(19)7-11/h1,5-9H,2-3H3,(H,21,25)(H,22,24). The van der Waals surface area contributed by atoms with E-state index in [0.717, 1.165) is 12.1 Å². The summed E-state index contributed by atoms with van der Waals surface area (Å²) in [5.41, 5.74) is 0.307. The molecule has 0 saturated carbocycles. The van der Waals surface area contributed by atoms with Crippen molar-refractivity contribution in [2.75, 3.05) is 5.32 Å². The quantitative estimate of drug-likeness (QED) is 0.477. The molecular formula is C18H14ClFN2O4. The van der Waals surface area contributed by atoms with Gasteiger partial charge in [0, 0.05) is 11.8 Å². The average molecular weight is 377 g/mol. The minimum atomic E-state index is -0.959. The van der Waals surface area contributed by atoms with Crippen molar-refractivity contribution in [1.29, 1.82) is 0 Å². The number of carbonyl (C=O) groups excluding carboxylic acids is 3. The van der Waals surface area contributed by atoms with Crippen LogP contribution in [0, 0.1) is 25.1 Å². The smallest absolute Gasteiger partial charge is 0.296 e. The van der Waals surface area contributed by atoms with Crippen LogP contribution in [-0.4, -0.2) is 23.6 Å². The van der Waals surface area contributed by atoms with Gasteiger partial charge < -0.3 is 15.1 Å². The van der Waals surface area contributed by atoms with Gasteiger partial charge in [0.25, 0.3) is 17.6 Å². The Bertz CT molecular complexity index is 930. The first kappa shape index (κ1) is 19.2. The fourth-order valence-corrected chi connectivity index (χ4v) is 2.19. The Balaban J connectivity index is 2.17. The molecule has 2 aromatic rings. The second kappa shape index (κ2) is 7.85. The first-order chi connectivity index (χ1) is 12.2. The van der Waals surface area contributed by atoms with Crippen molar-refractivity contribution in [1.82, 2.24) is 5.32 Å². The van der Waals surface area contributed by atoms with Crippen LogP contribution in [0.3, 0.4) is 0 Å². The number of halogens is 2. The van der Waals surface area contributed by atoms with E-state index in [1.165, 1.54) is 26.0 Å². The van der Waals surface area contributed by atoms with E-state index in [1.54, 1.807) is 0 Å². The zero-order valence-corrected chi connectivity index (χ0v) is 14.6. The van der Waals surface area contributed by atoms with Gasteiger partial charge in [0.05, 0.1) is 16.6 Å². The van der Waals surface area contributed by atoms with Gasteiger partial charge >= 0.3 is 0 Å². The third kappa shape index (κ3) is 4.29. The third-order valence-corrected chi connectivity index (χ3v) is 3.66. The largest absolute Gasteiger partial charge is 0.457 e. The highest BCUT2D eigenvalue weighted by molar-refractivity contribution is 6.42. The Morgan fingerprint density at radius 1 is 1.31 bits per heavy atom. The molecule has 0 spiro atoms. The van der Waals surface area contributed by atoms with Gasteiger partial charge in [0.1, 0.15) is 11.6 Å². The Labute approximate surface area is 153 Å². The van der Waals surface area contributed by atoms with Crippen molar-refractivity contribution in [3.05, 3.63) is 52.2 Å². The maximum Gasteiger partial charge on any atom is 0.296 e. The predicted molar refractivity (Wildman–Crippen MR) is 93.6 cm³/mol. The Morgan fingerprint density at radius 3 is 2.62 bits per heavy atom. The number of terminal acetylenes is 1. The van der Waals surface area contributed by atoms with E-state index in [2.05, 4.69) is 16.6 Å². The normalized spacial score (nSPS) is 11.3. The minimum absolute atomic E-state index is 0.0478. The van der Waals surface area contributed by atoms with Crippen molar-refractivity contribution < 1.29 is 23.2 Å². The van der Waals surface area contributed by atoms with E-state index in [4.69, 9.17) is 22.4 Å². The molecular weight excluding hydrogens is 363 g/mol. The summed E-state index contributed by atoms with van der Waals surface area (Å²) in [6.45, 7) is 3.00. The summed E-state index contributed by atoms with van der Waals surface area (Å²) >= 11 is 5.66.